The minimum atomic E-state index is -0.940. The normalized spacial score (nSPS) is 18.4. The van der Waals surface area contributed by atoms with E-state index in [2.05, 4.69) is 11.9 Å². The number of esters is 2. The van der Waals surface area contributed by atoms with Gasteiger partial charge in [0.15, 0.2) is 6.10 Å². The summed E-state index contributed by atoms with van der Waals surface area (Å²) in [5.74, 6) is -1.78. The lowest BCUT2D eigenvalue weighted by Gasteiger charge is -2.50. The van der Waals surface area contributed by atoms with Gasteiger partial charge in [0.05, 0.1) is 6.42 Å². The van der Waals surface area contributed by atoms with Crippen molar-refractivity contribution in [2.24, 2.45) is 0 Å². The van der Waals surface area contributed by atoms with Crippen molar-refractivity contribution < 1.29 is 28.7 Å². The molecule has 8 nitrogen and oxygen atoms in total. The number of β-lactam (4-membered cyclic amide) rings is 1. The lowest BCUT2D eigenvalue weighted by molar-refractivity contribution is -0.155. The number of carbonyl (C=O) groups is 4. The second-order valence-corrected chi connectivity index (χ2v) is 11.0. The zero-order chi connectivity index (χ0) is 29.6. The molecular weight excluding hydrogens is 552 g/mol. The van der Waals surface area contributed by atoms with Crippen molar-refractivity contribution in [1.29, 1.82) is 0 Å². The van der Waals surface area contributed by atoms with Gasteiger partial charge in [0.1, 0.15) is 23.2 Å². The maximum atomic E-state index is 14.0. The molecule has 0 radical (unpaired) electrons. The number of nitrogens with zero attached hydrogens (tertiary/aromatic N) is 1. The van der Waals surface area contributed by atoms with Gasteiger partial charge >= 0.3 is 11.9 Å². The second kappa shape index (κ2) is 12.9. The van der Waals surface area contributed by atoms with E-state index in [9.17, 15) is 19.2 Å². The Bertz CT molecular complexity index is 1470. The van der Waals surface area contributed by atoms with Crippen LogP contribution in [0.4, 0.5) is 0 Å². The number of benzene rings is 3. The van der Waals surface area contributed by atoms with Crippen LogP contribution in [0.25, 0.3) is 0 Å². The van der Waals surface area contributed by atoms with Crippen molar-refractivity contribution >= 4 is 35.5 Å². The molecule has 0 aromatic heterocycles. The van der Waals surface area contributed by atoms with Crippen molar-refractivity contribution in [3.63, 3.8) is 0 Å². The fourth-order valence-corrected chi connectivity index (χ4v) is 6.43. The summed E-state index contributed by atoms with van der Waals surface area (Å²) in [6, 6.07) is 27.0. The fourth-order valence-electron chi connectivity index (χ4n) is 5.04. The number of ether oxygens (including phenoxy) is 2. The van der Waals surface area contributed by atoms with Crippen molar-refractivity contribution in [2.75, 3.05) is 5.75 Å². The Kier molecular flexibility index (Phi) is 8.88. The topological polar surface area (TPSA) is 102 Å². The number of hydrogen-bond acceptors (Lipinski definition) is 7. The summed E-state index contributed by atoms with van der Waals surface area (Å²) in [7, 11) is 0. The first-order chi connectivity index (χ1) is 20.4. The smallest absolute Gasteiger partial charge is 0.356 e. The molecule has 0 saturated carbocycles. The van der Waals surface area contributed by atoms with E-state index in [4.69, 9.17) is 9.47 Å². The monoisotopic (exact) mass is 582 g/mol. The summed E-state index contributed by atoms with van der Waals surface area (Å²) in [6.45, 7) is 5.05. The van der Waals surface area contributed by atoms with E-state index in [-0.39, 0.29) is 23.8 Å². The molecule has 1 saturated heterocycles. The number of rotatable bonds is 10. The molecule has 9 heteroatoms. The van der Waals surface area contributed by atoms with Crippen LogP contribution in [0.3, 0.4) is 0 Å². The maximum absolute atomic E-state index is 14.0. The highest BCUT2D eigenvalue weighted by Crippen LogP contribution is 2.43. The molecule has 2 aliphatic rings. The first-order valence-corrected chi connectivity index (χ1v) is 14.5. The van der Waals surface area contributed by atoms with Crippen LogP contribution in [0.2, 0.25) is 0 Å². The van der Waals surface area contributed by atoms with Crippen LogP contribution in [0.15, 0.2) is 115 Å². The Morgan fingerprint density at radius 1 is 0.952 bits per heavy atom. The second-order valence-electron chi connectivity index (χ2n) is 9.86. The maximum Gasteiger partial charge on any atom is 0.356 e. The van der Waals surface area contributed by atoms with E-state index in [1.807, 2.05) is 91.0 Å². The average Bonchev–Trinajstić information content (AvgIpc) is 3.01. The summed E-state index contributed by atoms with van der Waals surface area (Å²) >= 11 is 1.37. The molecular formula is C33H30N2O6S. The fraction of sp³-hybridized carbons (Fsp3) is 0.212. The van der Waals surface area contributed by atoms with Gasteiger partial charge in [-0.1, -0.05) is 97.6 Å². The zero-order valence-corrected chi connectivity index (χ0v) is 23.8. The minimum absolute atomic E-state index is 0.000297. The third-order valence-corrected chi connectivity index (χ3v) is 8.30. The summed E-state index contributed by atoms with van der Waals surface area (Å²) in [5.41, 5.74) is 2.72. The van der Waals surface area contributed by atoms with Crippen molar-refractivity contribution in [1.82, 2.24) is 10.2 Å². The Balaban J connectivity index is 1.45. The summed E-state index contributed by atoms with van der Waals surface area (Å²) < 4.78 is 11.6. The molecule has 2 amide bonds. The highest BCUT2D eigenvalue weighted by molar-refractivity contribution is 8.00. The predicted octanol–water partition coefficient (Wildman–Crippen LogP) is 4.33. The molecule has 2 aliphatic heterocycles. The molecule has 1 N–H and O–H groups in total. The van der Waals surface area contributed by atoms with E-state index in [1.54, 1.807) is 0 Å². The van der Waals surface area contributed by atoms with Crippen molar-refractivity contribution in [3.8, 4) is 0 Å². The van der Waals surface area contributed by atoms with Gasteiger partial charge in [0.25, 0.3) is 5.91 Å². The van der Waals surface area contributed by atoms with Crippen LogP contribution in [0, 0.1) is 0 Å². The van der Waals surface area contributed by atoms with E-state index in [1.165, 1.54) is 29.7 Å². The third-order valence-electron chi connectivity index (χ3n) is 7.00. The largest absolute Gasteiger partial charge is 0.454 e. The zero-order valence-electron chi connectivity index (χ0n) is 23.0. The first-order valence-electron chi connectivity index (χ1n) is 13.5. The molecule has 0 aliphatic carbocycles. The molecule has 42 heavy (non-hydrogen) atoms. The summed E-state index contributed by atoms with van der Waals surface area (Å²) in [5, 5.41) is 2.30. The van der Waals surface area contributed by atoms with Crippen molar-refractivity contribution in [3.05, 3.63) is 132 Å². The lowest BCUT2D eigenvalue weighted by atomic mass is 9.99. The molecule has 3 aromatic carbocycles. The third kappa shape index (κ3) is 6.16. The SMILES string of the molecule is C=CC(OC(C)=O)C1=C(C(=O)OC(c2ccccc2)c2ccccc2)N2C(=O)[C@H](NC(=O)Cc3ccccc3)[C@H]2SC1. The van der Waals surface area contributed by atoms with Gasteiger partial charge < -0.3 is 14.8 Å². The van der Waals surface area contributed by atoms with Gasteiger partial charge in [-0.2, -0.15) is 0 Å². The number of nitrogens with one attached hydrogen (secondary N) is 1. The van der Waals surface area contributed by atoms with Crippen LogP contribution in [0.5, 0.6) is 0 Å². The Morgan fingerprint density at radius 3 is 2.07 bits per heavy atom. The number of amides is 2. The van der Waals surface area contributed by atoms with Gasteiger partial charge in [-0.3, -0.25) is 19.3 Å². The Morgan fingerprint density at radius 2 is 1.52 bits per heavy atom. The number of fused-ring (bicyclic) bond motifs is 1. The molecule has 0 spiro atoms. The molecule has 3 atom stereocenters. The summed E-state index contributed by atoms with van der Waals surface area (Å²) in [4.78, 5) is 53.6. The Labute approximate surface area is 248 Å². The first kappa shape index (κ1) is 28.9. The predicted molar refractivity (Wildman–Crippen MR) is 159 cm³/mol. The van der Waals surface area contributed by atoms with Crippen LogP contribution < -0.4 is 5.32 Å². The molecule has 0 bridgehead atoms. The average molecular weight is 583 g/mol. The number of thioether (sulfide) groups is 1. The van der Waals surface area contributed by atoms with Crippen LogP contribution in [-0.4, -0.2) is 51.9 Å². The van der Waals surface area contributed by atoms with Crippen LogP contribution >= 0.6 is 11.8 Å². The van der Waals surface area contributed by atoms with Crippen LogP contribution in [-0.2, 0) is 35.1 Å². The summed E-state index contributed by atoms with van der Waals surface area (Å²) in [6.07, 6.45) is -0.154. The van der Waals surface area contributed by atoms with Gasteiger partial charge in [-0.15, -0.1) is 11.8 Å². The number of carbonyl (C=O) groups excluding carboxylic acids is 4. The van der Waals surface area contributed by atoms with E-state index in [0.717, 1.165) is 16.7 Å². The number of hydrogen-bond donors (Lipinski definition) is 1. The molecule has 214 valence electrons. The minimum Gasteiger partial charge on any atom is -0.454 e. The highest BCUT2D eigenvalue weighted by atomic mass is 32.2. The molecule has 3 aromatic rings. The van der Waals surface area contributed by atoms with E-state index < -0.39 is 41.5 Å². The highest BCUT2D eigenvalue weighted by Gasteiger charge is 2.55. The van der Waals surface area contributed by atoms with Gasteiger partial charge in [-0.25, -0.2) is 4.79 Å². The molecule has 1 unspecified atom stereocenters. The van der Waals surface area contributed by atoms with Gasteiger partial charge in [-0.05, 0) is 22.8 Å². The Hall–Kier alpha value is -4.63. The van der Waals surface area contributed by atoms with E-state index >= 15 is 0 Å². The lowest BCUT2D eigenvalue weighted by Crippen LogP contribution is -2.71. The quantitative estimate of drug-likeness (QED) is 0.216. The van der Waals surface area contributed by atoms with Crippen LogP contribution in [0.1, 0.15) is 29.7 Å². The van der Waals surface area contributed by atoms with E-state index in [0.29, 0.717) is 5.57 Å². The molecule has 2 heterocycles. The van der Waals surface area contributed by atoms with Gasteiger partial charge in [0, 0.05) is 18.2 Å². The van der Waals surface area contributed by atoms with Gasteiger partial charge in [0.2, 0.25) is 5.91 Å². The molecule has 5 rings (SSSR count). The molecule has 1 fully saturated rings. The standard InChI is InChI=1S/C33H30N2O6S/c1-3-26(40-21(2)36)25-20-42-32-28(34-27(37)19-22-13-7-4-8-14-22)31(38)35(32)29(25)33(39)41-30(23-15-9-5-10-16-23)24-17-11-6-12-18-24/h3-18,26,28,30,32H,1,19-20H2,2H3,(H,34,37)/t26?,28-,32+/m0/s1. The van der Waals surface area contributed by atoms with Crippen molar-refractivity contribution in [2.45, 2.75) is 37.0 Å².